The zero-order valence-electron chi connectivity index (χ0n) is 12.1. The van der Waals surface area contributed by atoms with Crippen molar-refractivity contribution in [1.82, 2.24) is 0 Å². The van der Waals surface area contributed by atoms with Crippen molar-refractivity contribution in [2.24, 2.45) is 0 Å². The highest BCUT2D eigenvalue weighted by molar-refractivity contribution is 7.93. The van der Waals surface area contributed by atoms with Gasteiger partial charge in [-0.05, 0) is 30.3 Å². The van der Waals surface area contributed by atoms with Gasteiger partial charge in [0, 0.05) is 0 Å². The van der Waals surface area contributed by atoms with Gasteiger partial charge in [-0.25, -0.2) is 12.8 Å². The minimum absolute atomic E-state index is 0.00913. The van der Waals surface area contributed by atoms with Gasteiger partial charge in [0.1, 0.15) is 23.0 Å². The third kappa shape index (κ3) is 2.61. The molecule has 0 unspecified atom stereocenters. The van der Waals surface area contributed by atoms with E-state index in [-0.39, 0.29) is 17.2 Å². The molecule has 1 aliphatic rings. The fourth-order valence-electron chi connectivity index (χ4n) is 2.39. The maximum atomic E-state index is 13.5. The van der Waals surface area contributed by atoms with Crippen LogP contribution in [0.2, 0.25) is 0 Å². The molecule has 0 atom stereocenters. The maximum absolute atomic E-state index is 13.5. The molecule has 1 amide bonds. The highest BCUT2D eigenvalue weighted by atomic mass is 32.2. The van der Waals surface area contributed by atoms with E-state index >= 15 is 0 Å². The summed E-state index contributed by atoms with van der Waals surface area (Å²) in [6, 6.07) is 9.71. The molecule has 120 valence electrons. The van der Waals surface area contributed by atoms with Crippen LogP contribution in [0.5, 0.6) is 5.75 Å². The molecule has 3 rings (SSSR count). The zero-order valence-corrected chi connectivity index (χ0v) is 12.9. The Kier molecular flexibility index (Phi) is 3.69. The van der Waals surface area contributed by atoms with Crippen molar-refractivity contribution in [3.05, 3.63) is 48.3 Å². The zero-order chi connectivity index (χ0) is 16.6. The fraction of sp³-hybridized carbons (Fsp3) is 0.133. The van der Waals surface area contributed by atoms with E-state index in [2.05, 4.69) is 5.32 Å². The van der Waals surface area contributed by atoms with Crippen LogP contribution in [0, 0.1) is 5.82 Å². The monoisotopic (exact) mass is 336 g/mol. The van der Waals surface area contributed by atoms with Crippen LogP contribution in [0.25, 0.3) is 0 Å². The predicted molar refractivity (Wildman–Crippen MR) is 82.6 cm³/mol. The molecular weight excluding hydrogens is 323 g/mol. The number of fused-ring (bicyclic) bond motifs is 1. The number of halogens is 1. The summed E-state index contributed by atoms with van der Waals surface area (Å²) in [5.41, 5.74) is 0.695. The SMILES string of the molecule is COc1ccc(F)cc1S(=O)(=O)N1CC(=O)Nc2ccccc21. The van der Waals surface area contributed by atoms with E-state index in [1.54, 1.807) is 24.3 Å². The van der Waals surface area contributed by atoms with Crippen LogP contribution in [0.1, 0.15) is 0 Å². The normalized spacial score (nSPS) is 14.2. The number of anilines is 2. The van der Waals surface area contributed by atoms with Crippen LogP contribution in [0.4, 0.5) is 15.8 Å². The molecular formula is C15H13FN2O4S. The van der Waals surface area contributed by atoms with E-state index < -0.39 is 21.7 Å². The van der Waals surface area contributed by atoms with Gasteiger partial charge < -0.3 is 10.1 Å². The molecule has 0 aromatic heterocycles. The number of ether oxygens (including phenoxy) is 1. The number of carbonyl (C=O) groups is 1. The number of rotatable bonds is 3. The number of para-hydroxylation sites is 2. The molecule has 0 saturated heterocycles. The summed E-state index contributed by atoms with van der Waals surface area (Å²) in [4.78, 5) is 11.5. The van der Waals surface area contributed by atoms with Gasteiger partial charge in [0.2, 0.25) is 5.91 Å². The third-order valence-electron chi connectivity index (χ3n) is 3.43. The summed E-state index contributed by atoms with van der Waals surface area (Å²) in [6.45, 7) is -0.390. The maximum Gasteiger partial charge on any atom is 0.268 e. The van der Waals surface area contributed by atoms with Crippen molar-refractivity contribution >= 4 is 27.3 Å². The molecule has 1 heterocycles. The number of sulfonamides is 1. The Balaban J connectivity index is 2.18. The lowest BCUT2D eigenvalue weighted by Crippen LogP contribution is -2.42. The molecule has 0 spiro atoms. The van der Waals surface area contributed by atoms with E-state index in [0.29, 0.717) is 11.4 Å². The smallest absolute Gasteiger partial charge is 0.268 e. The number of hydrogen-bond acceptors (Lipinski definition) is 4. The Hall–Kier alpha value is -2.61. The first kappa shape index (κ1) is 15.3. The molecule has 1 aliphatic heterocycles. The summed E-state index contributed by atoms with van der Waals surface area (Å²) in [5, 5.41) is 2.60. The Morgan fingerprint density at radius 2 is 1.96 bits per heavy atom. The number of benzene rings is 2. The van der Waals surface area contributed by atoms with Crippen molar-refractivity contribution in [3.63, 3.8) is 0 Å². The van der Waals surface area contributed by atoms with E-state index in [1.165, 1.54) is 13.2 Å². The van der Waals surface area contributed by atoms with Gasteiger partial charge in [-0.2, -0.15) is 0 Å². The largest absolute Gasteiger partial charge is 0.495 e. The number of carbonyl (C=O) groups excluding carboxylic acids is 1. The molecule has 0 bridgehead atoms. The number of nitrogens with one attached hydrogen (secondary N) is 1. The molecule has 0 saturated carbocycles. The Bertz CT molecular complexity index is 883. The summed E-state index contributed by atoms with van der Waals surface area (Å²) in [5.74, 6) is -1.17. The van der Waals surface area contributed by atoms with E-state index in [9.17, 15) is 17.6 Å². The Labute approximate surface area is 132 Å². The van der Waals surface area contributed by atoms with E-state index in [0.717, 1.165) is 16.4 Å². The van der Waals surface area contributed by atoms with Gasteiger partial charge in [-0.1, -0.05) is 12.1 Å². The molecule has 1 N–H and O–H groups in total. The first-order valence-electron chi connectivity index (χ1n) is 6.68. The minimum atomic E-state index is -4.17. The van der Waals surface area contributed by atoms with Gasteiger partial charge >= 0.3 is 0 Å². The number of amides is 1. The van der Waals surface area contributed by atoms with Crippen molar-refractivity contribution in [2.45, 2.75) is 4.90 Å². The lowest BCUT2D eigenvalue weighted by atomic mass is 10.2. The fourth-order valence-corrected chi connectivity index (χ4v) is 4.00. The molecule has 0 aliphatic carbocycles. The van der Waals surface area contributed by atoms with Crippen LogP contribution < -0.4 is 14.4 Å². The first-order chi connectivity index (χ1) is 10.9. The highest BCUT2D eigenvalue weighted by Crippen LogP contribution is 2.36. The Morgan fingerprint density at radius 1 is 1.22 bits per heavy atom. The average Bonchev–Trinajstić information content (AvgIpc) is 2.54. The van der Waals surface area contributed by atoms with Crippen LogP contribution in [0.15, 0.2) is 47.4 Å². The molecule has 2 aromatic carbocycles. The first-order valence-corrected chi connectivity index (χ1v) is 8.12. The number of hydrogen-bond donors (Lipinski definition) is 1. The third-order valence-corrected chi connectivity index (χ3v) is 5.21. The molecule has 0 radical (unpaired) electrons. The standard InChI is InChI=1S/C15H13FN2O4S/c1-22-13-7-6-10(16)8-14(13)23(20,21)18-9-15(19)17-11-4-2-3-5-12(11)18/h2-8H,9H2,1H3,(H,17,19). The second-order valence-electron chi connectivity index (χ2n) is 4.87. The average molecular weight is 336 g/mol. The number of methoxy groups -OCH3 is 1. The minimum Gasteiger partial charge on any atom is -0.495 e. The van der Waals surface area contributed by atoms with Gasteiger partial charge in [0.15, 0.2) is 0 Å². The van der Waals surface area contributed by atoms with Crippen LogP contribution in [-0.4, -0.2) is 28.0 Å². The lowest BCUT2D eigenvalue weighted by Gasteiger charge is -2.30. The molecule has 2 aromatic rings. The Morgan fingerprint density at radius 3 is 2.70 bits per heavy atom. The molecule has 0 fully saturated rings. The summed E-state index contributed by atoms with van der Waals surface area (Å²) < 4.78 is 45.4. The summed E-state index contributed by atoms with van der Waals surface area (Å²) in [7, 11) is -2.87. The number of nitrogens with zero attached hydrogens (tertiary/aromatic N) is 1. The van der Waals surface area contributed by atoms with Gasteiger partial charge in [-0.3, -0.25) is 9.10 Å². The van der Waals surface area contributed by atoms with Crippen LogP contribution in [-0.2, 0) is 14.8 Å². The van der Waals surface area contributed by atoms with Crippen molar-refractivity contribution in [3.8, 4) is 5.75 Å². The summed E-state index contributed by atoms with van der Waals surface area (Å²) in [6.07, 6.45) is 0. The van der Waals surface area contributed by atoms with Crippen molar-refractivity contribution in [1.29, 1.82) is 0 Å². The quantitative estimate of drug-likeness (QED) is 0.930. The van der Waals surface area contributed by atoms with Crippen LogP contribution >= 0.6 is 0 Å². The molecule has 6 nitrogen and oxygen atoms in total. The highest BCUT2D eigenvalue weighted by Gasteiger charge is 2.34. The van der Waals surface area contributed by atoms with Gasteiger partial charge in [0.25, 0.3) is 10.0 Å². The molecule has 23 heavy (non-hydrogen) atoms. The molecule has 8 heteroatoms. The van der Waals surface area contributed by atoms with Crippen molar-refractivity contribution in [2.75, 3.05) is 23.3 Å². The van der Waals surface area contributed by atoms with Crippen LogP contribution in [0.3, 0.4) is 0 Å². The van der Waals surface area contributed by atoms with E-state index in [1.807, 2.05) is 0 Å². The van der Waals surface area contributed by atoms with Crippen molar-refractivity contribution < 1.29 is 22.3 Å². The predicted octanol–water partition coefficient (Wildman–Crippen LogP) is 1.98. The summed E-state index contributed by atoms with van der Waals surface area (Å²) >= 11 is 0. The topological polar surface area (TPSA) is 75.7 Å². The second kappa shape index (κ2) is 5.54. The second-order valence-corrected chi connectivity index (χ2v) is 6.70. The van der Waals surface area contributed by atoms with E-state index in [4.69, 9.17) is 4.74 Å². The van der Waals surface area contributed by atoms with Gasteiger partial charge in [-0.15, -0.1) is 0 Å². The lowest BCUT2D eigenvalue weighted by molar-refractivity contribution is -0.115. The van der Waals surface area contributed by atoms with Gasteiger partial charge in [0.05, 0.1) is 18.5 Å².